The van der Waals surface area contributed by atoms with E-state index in [2.05, 4.69) is 5.32 Å². The quantitative estimate of drug-likeness (QED) is 0.587. The lowest BCUT2D eigenvalue weighted by molar-refractivity contribution is -0.141. The van der Waals surface area contributed by atoms with E-state index in [9.17, 15) is 9.59 Å². The Morgan fingerprint density at radius 2 is 2.11 bits per heavy atom. The van der Waals surface area contributed by atoms with Crippen molar-refractivity contribution >= 4 is 29.3 Å². The Balaban J connectivity index is 2.81. The molecule has 0 spiro atoms. The molecule has 1 atom stereocenters. The molecule has 1 amide bonds. The molecule has 0 heterocycles. The topological polar surface area (TPSA) is 81.4 Å². The van der Waals surface area contributed by atoms with Crippen LogP contribution >= 0.6 is 11.8 Å². The minimum Gasteiger partial charge on any atom is -0.467 e. The number of hydrogen-bond donors (Lipinski definition) is 2. The van der Waals surface area contributed by atoms with Gasteiger partial charge in [-0.3, -0.25) is 4.79 Å². The fourth-order valence-electron chi connectivity index (χ4n) is 1.52. The highest BCUT2D eigenvalue weighted by atomic mass is 32.2. The molecule has 1 aromatic carbocycles. The number of rotatable bonds is 7. The van der Waals surface area contributed by atoms with Crippen LogP contribution in [0.4, 0.5) is 5.69 Å². The average molecular weight is 282 g/mol. The Bertz CT molecular complexity index is 451. The van der Waals surface area contributed by atoms with Crippen LogP contribution in [0.1, 0.15) is 13.3 Å². The summed E-state index contributed by atoms with van der Waals surface area (Å²) in [6.07, 6.45) is 0.613. The Labute approximate surface area is 116 Å². The summed E-state index contributed by atoms with van der Waals surface area (Å²) in [5.41, 5.74) is 5.93. The van der Waals surface area contributed by atoms with Gasteiger partial charge in [0.1, 0.15) is 6.04 Å². The average Bonchev–Trinajstić information content (AvgIpc) is 2.42. The number of esters is 1. The third-order valence-corrected chi connectivity index (χ3v) is 3.58. The standard InChI is InChI=1S/C13H18N2O3S/c1-3-9(13(17)18-2)15-10-6-4-5-7-11(10)19-8-12(14)16/h4-7,9,15H,3,8H2,1-2H3,(H2,14,16). The van der Waals surface area contributed by atoms with Gasteiger partial charge in [0.05, 0.1) is 12.9 Å². The molecule has 0 radical (unpaired) electrons. The van der Waals surface area contributed by atoms with Crippen molar-refractivity contribution in [2.45, 2.75) is 24.3 Å². The van der Waals surface area contributed by atoms with Gasteiger partial charge in [0, 0.05) is 10.6 Å². The van der Waals surface area contributed by atoms with Crippen molar-refractivity contribution in [3.8, 4) is 0 Å². The van der Waals surface area contributed by atoms with Crippen LogP contribution in [0, 0.1) is 0 Å². The van der Waals surface area contributed by atoms with Gasteiger partial charge < -0.3 is 15.8 Å². The van der Waals surface area contributed by atoms with Gasteiger partial charge in [-0.05, 0) is 18.6 Å². The molecule has 3 N–H and O–H groups in total. The zero-order chi connectivity index (χ0) is 14.3. The van der Waals surface area contributed by atoms with Gasteiger partial charge in [0.2, 0.25) is 5.91 Å². The number of carbonyl (C=O) groups excluding carboxylic acids is 2. The van der Waals surface area contributed by atoms with Gasteiger partial charge in [-0.2, -0.15) is 0 Å². The molecule has 104 valence electrons. The number of para-hydroxylation sites is 1. The Kier molecular flexibility index (Phi) is 6.21. The number of anilines is 1. The molecular formula is C13H18N2O3S. The number of nitrogens with one attached hydrogen (secondary N) is 1. The second-order valence-electron chi connectivity index (χ2n) is 3.88. The van der Waals surface area contributed by atoms with Gasteiger partial charge in [-0.1, -0.05) is 19.1 Å². The lowest BCUT2D eigenvalue weighted by atomic mass is 10.2. The number of hydrogen-bond acceptors (Lipinski definition) is 5. The second kappa shape index (κ2) is 7.68. The van der Waals surface area contributed by atoms with Gasteiger partial charge >= 0.3 is 5.97 Å². The number of primary amides is 1. The van der Waals surface area contributed by atoms with E-state index in [0.29, 0.717) is 6.42 Å². The molecule has 0 aromatic heterocycles. The fraction of sp³-hybridized carbons (Fsp3) is 0.385. The molecule has 19 heavy (non-hydrogen) atoms. The molecule has 0 saturated carbocycles. The summed E-state index contributed by atoms with van der Waals surface area (Å²) in [6.45, 7) is 1.90. The third kappa shape index (κ3) is 4.82. The summed E-state index contributed by atoms with van der Waals surface area (Å²) < 4.78 is 4.73. The minimum atomic E-state index is -0.402. The summed E-state index contributed by atoms with van der Waals surface area (Å²) in [5, 5.41) is 3.12. The molecular weight excluding hydrogens is 264 g/mol. The minimum absolute atomic E-state index is 0.202. The van der Waals surface area contributed by atoms with Crippen LogP contribution in [0.25, 0.3) is 0 Å². The maximum atomic E-state index is 11.6. The molecule has 0 aliphatic heterocycles. The molecule has 0 bridgehead atoms. The lowest BCUT2D eigenvalue weighted by Crippen LogP contribution is -2.30. The summed E-state index contributed by atoms with van der Waals surface area (Å²) >= 11 is 1.34. The first-order valence-electron chi connectivity index (χ1n) is 5.93. The number of benzene rings is 1. The Morgan fingerprint density at radius 3 is 2.68 bits per heavy atom. The summed E-state index contributed by atoms with van der Waals surface area (Å²) in [5.74, 6) is -0.481. The van der Waals surface area contributed by atoms with Gasteiger partial charge in [-0.25, -0.2) is 4.79 Å². The highest BCUT2D eigenvalue weighted by molar-refractivity contribution is 8.00. The van der Waals surface area contributed by atoms with Crippen molar-refractivity contribution in [3.63, 3.8) is 0 Å². The number of thioether (sulfide) groups is 1. The molecule has 0 aliphatic carbocycles. The molecule has 5 nitrogen and oxygen atoms in total. The largest absolute Gasteiger partial charge is 0.467 e. The summed E-state index contributed by atoms with van der Waals surface area (Å²) in [6, 6.07) is 7.06. The van der Waals surface area contributed by atoms with Crippen molar-refractivity contribution in [2.75, 3.05) is 18.2 Å². The third-order valence-electron chi connectivity index (χ3n) is 2.48. The van der Waals surface area contributed by atoms with Crippen LogP contribution in [0.2, 0.25) is 0 Å². The normalized spacial score (nSPS) is 11.7. The van der Waals surface area contributed by atoms with Crippen LogP contribution in [0.3, 0.4) is 0 Å². The van der Waals surface area contributed by atoms with Crippen LogP contribution < -0.4 is 11.1 Å². The van der Waals surface area contributed by atoms with E-state index in [4.69, 9.17) is 10.5 Å². The molecule has 0 aliphatic rings. The summed E-state index contributed by atoms with van der Waals surface area (Å²) in [4.78, 5) is 23.3. The van der Waals surface area contributed by atoms with Crippen molar-refractivity contribution in [2.24, 2.45) is 5.73 Å². The molecule has 1 unspecified atom stereocenters. The van der Waals surface area contributed by atoms with E-state index < -0.39 is 6.04 Å². The van der Waals surface area contributed by atoms with E-state index in [1.54, 1.807) is 0 Å². The van der Waals surface area contributed by atoms with Crippen LogP contribution in [0.5, 0.6) is 0 Å². The maximum Gasteiger partial charge on any atom is 0.328 e. The first-order chi connectivity index (χ1) is 9.08. The predicted molar refractivity (Wildman–Crippen MR) is 76.1 cm³/mol. The summed E-state index contributed by atoms with van der Waals surface area (Å²) in [7, 11) is 1.36. The first kappa shape index (κ1) is 15.4. The smallest absolute Gasteiger partial charge is 0.328 e. The zero-order valence-electron chi connectivity index (χ0n) is 11.0. The highest BCUT2D eigenvalue weighted by Gasteiger charge is 2.17. The SMILES string of the molecule is CCC(Nc1ccccc1SCC(N)=O)C(=O)OC. The van der Waals surface area contributed by atoms with Crippen molar-refractivity contribution in [1.29, 1.82) is 0 Å². The number of amides is 1. The van der Waals surface area contributed by atoms with Crippen LogP contribution in [-0.2, 0) is 14.3 Å². The number of nitrogens with two attached hydrogens (primary N) is 1. The second-order valence-corrected chi connectivity index (χ2v) is 4.90. The van der Waals surface area contributed by atoms with Crippen molar-refractivity contribution in [1.82, 2.24) is 0 Å². The van der Waals surface area contributed by atoms with Gasteiger partial charge in [0.15, 0.2) is 0 Å². The Hall–Kier alpha value is -1.69. The number of carbonyl (C=O) groups is 2. The number of methoxy groups -OCH3 is 1. The van der Waals surface area contributed by atoms with E-state index in [1.165, 1.54) is 18.9 Å². The predicted octanol–water partition coefficient (Wildman–Crippen LogP) is 1.63. The molecule has 0 fully saturated rings. The van der Waals surface area contributed by atoms with Gasteiger partial charge in [0.25, 0.3) is 0 Å². The van der Waals surface area contributed by atoms with Crippen LogP contribution in [0.15, 0.2) is 29.2 Å². The number of ether oxygens (including phenoxy) is 1. The lowest BCUT2D eigenvalue weighted by Gasteiger charge is -2.18. The van der Waals surface area contributed by atoms with E-state index in [-0.39, 0.29) is 17.6 Å². The van der Waals surface area contributed by atoms with E-state index >= 15 is 0 Å². The zero-order valence-corrected chi connectivity index (χ0v) is 11.8. The first-order valence-corrected chi connectivity index (χ1v) is 6.91. The van der Waals surface area contributed by atoms with Crippen molar-refractivity contribution in [3.05, 3.63) is 24.3 Å². The fourth-order valence-corrected chi connectivity index (χ4v) is 2.27. The molecule has 6 heteroatoms. The van der Waals surface area contributed by atoms with Crippen LogP contribution in [-0.4, -0.2) is 30.8 Å². The Morgan fingerprint density at radius 1 is 1.42 bits per heavy atom. The van der Waals surface area contributed by atoms with E-state index in [0.717, 1.165) is 10.6 Å². The highest BCUT2D eigenvalue weighted by Crippen LogP contribution is 2.27. The van der Waals surface area contributed by atoms with Crippen molar-refractivity contribution < 1.29 is 14.3 Å². The molecule has 1 aromatic rings. The molecule has 0 saturated heterocycles. The van der Waals surface area contributed by atoms with E-state index in [1.807, 2.05) is 31.2 Å². The molecule has 1 rings (SSSR count). The maximum absolute atomic E-state index is 11.6. The van der Waals surface area contributed by atoms with Gasteiger partial charge in [-0.15, -0.1) is 11.8 Å². The monoisotopic (exact) mass is 282 g/mol.